The average Bonchev–Trinajstić information content (AvgIpc) is 3.22. The highest BCUT2D eigenvalue weighted by molar-refractivity contribution is 7.07. The Balaban J connectivity index is 2.24. The molecule has 0 amide bonds. The summed E-state index contributed by atoms with van der Waals surface area (Å²) in [7, 11) is 0. The number of carbonyl (C=O) groups is 1. The van der Waals surface area contributed by atoms with E-state index in [-0.39, 0.29) is 17.7 Å². The predicted octanol–water partition coefficient (Wildman–Crippen LogP) is 1.64. The average molecular weight is 379 g/mol. The summed E-state index contributed by atoms with van der Waals surface area (Å²) in [6.45, 7) is 5.61. The number of H-pyrrole nitrogens is 1. The Kier molecular flexibility index (Phi) is 5.38. The number of carbonyl (C=O) groups excluding carboxylic acids is 1. The van der Waals surface area contributed by atoms with E-state index in [0.717, 1.165) is 27.8 Å². The Morgan fingerprint density at radius 2 is 2.22 bits per heavy atom. The molecule has 0 saturated heterocycles. The first kappa shape index (κ1) is 18.4. The lowest BCUT2D eigenvalue weighted by Crippen LogP contribution is -2.32. The van der Waals surface area contributed by atoms with E-state index in [1.165, 1.54) is 10.6 Å². The van der Waals surface area contributed by atoms with Gasteiger partial charge in [0.25, 0.3) is 5.56 Å². The van der Waals surface area contributed by atoms with Gasteiger partial charge in [0.15, 0.2) is 5.57 Å². The van der Waals surface area contributed by atoms with Crippen LogP contribution in [0, 0.1) is 11.3 Å². The Hall–Kier alpha value is -3.37. The van der Waals surface area contributed by atoms with Crippen molar-refractivity contribution in [2.75, 3.05) is 6.61 Å². The number of rotatable bonds is 5. The molecule has 6 nitrogen and oxygen atoms in total. The molecular formula is C20H17N3O3S. The number of nitriles is 1. The highest BCUT2D eigenvalue weighted by atomic mass is 32.1. The summed E-state index contributed by atoms with van der Waals surface area (Å²) in [5.74, 6) is -0.764. The van der Waals surface area contributed by atoms with E-state index in [0.29, 0.717) is 15.7 Å². The molecule has 2 aromatic heterocycles. The lowest BCUT2D eigenvalue weighted by molar-refractivity contribution is -0.135. The second-order valence-electron chi connectivity index (χ2n) is 5.63. The lowest BCUT2D eigenvalue weighted by Gasteiger charge is -2.00. The Bertz CT molecular complexity index is 1240. The van der Waals surface area contributed by atoms with Gasteiger partial charge in [0.1, 0.15) is 17.3 Å². The van der Waals surface area contributed by atoms with E-state index in [4.69, 9.17) is 4.74 Å². The molecule has 0 aliphatic rings. The molecule has 0 atom stereocenters. The Morgan fingerprint density at radius 1 is 1.44 bits per heavy atom. The topological polar surface area (TPSA) is 87.9 Å². The molecular weight excluding hydrogens is 362 g/mol. The van der Waals surface area contributed by atoms with Crippen molar-refractivity contribution >= 4 is 39.9 Å². The molecule has 7 heteroatoms. The molecule has 0 unspecified atom stereocenters. The number of benzene rings is 1. The minimum absolute atomic E-state index is 0.0000667. The number of esters is 1. The first-order chi connectivity index (χ1) is 13.1. The number of aromatic amines is 1. The van der Waals surface area contributed by atoms with Crippen molar-refractivity contribution in [3.8, 4) is 6.07 Å². The number of aromatic nitrogens is 2. The molecule has 1 aromatic carbocycles. The van der Waals surface area contributed by atoms with Gasteiger partial charge in [0.2, 0.25) is 0 Å². The summed E-state index contributed by atoms with van der Waals surface area (Å²) >= 11 is 1.11. The number of para-hydroxylation sites is 1. The second-order valence-corrected chi connectivity index (χ2v) is 6.66. The highest BCUT2D eigenvalue weighted by Gasteiger charge is 2.16. The molecule has 0 spiro atoms. The minimum atomic E-state index is -0.764. The van der Waals surface area contributed by atoms with Crippen molar-refractivity contribution in [2.24, 2.45) is 0 Å². The smallest absolute Gasteiger partial charge is 0.352 e. The van der Waals surface area contributed by atoms with Gasteiger partial charge in [0.05, 0.1) is 4.53 Å². The predicted molar refractivity (Wildman–Crippen MR) is 106 cm³/mol. The summed E-state index contributed by atoms with van der Waals surface area (Å²) in [5.41, 5.74) is 1.41. The van der Waals surface area contributed by atoms with Gasteiger partial charge >= 0.3 is 5.97 Å². The van der Waals surface area contributed by atoms with Gasteiger partial charge in [-0.25, -0.2) is 4.79 Å². The standard InChI is InChI=1S/C20H17N3O3S/c1-3-9-26-20(25)15(11-21)19-23(4-2)18(24)17(27-19)10-13-12-22-16-8-6-5-7-14(13)16/h3,5-8,10,12,22H,1,4,9H2,2H3/b17-10-,19-15-. The van der Waals surface area contributed by atoms with Crippen molar-refractivity contribution in [3.63, 3.8) is 0 Å². The van der Waals surface area contributed by atoms with Crippen LogP contribution < -0.4 is 14.8 Å². The number of thiazole rings is 1. The maximum absolute atomic E-state index is 12.8. The molecule has 0 aliphatic heterocycles. The summed E-state index contributed by atoms with van der Waals surface area (Å²) in [5, 5.41) is 10.4. The maximum atomic E-state index is 12.8. The number of hydrogen-bond donors (Lipinski definition) is 1. The lowest BCUT2D eigenvalue weighted by atomic mass is 10.2. The molecule has 0 aliphatic carbocycles. The fraction of sp³-hybridized carbons (Fsp3) is 0.150. The first-order valence-electron chi connectivity index (χ1n) is 8.30. The zero-order valence-electron chi connectivity index (χ0n) is 14.7. The largest absolute Gasteiger partial charge is 0.457 e. The number of nitrogens with zero attached hydrogens (tertiary/aromatic N) is 2. The molecule has 1 N–H and O–H groups in total. The van der Waals surface area contributed by atoms with E-state index >= 15 is 0 Å². The van der Waals surface area contributed by atoms with Crippen LogP contribution in [-0.4, -0.2) is 22.1 Å². The highest BCUT2D eigenvalue weighted by Crippen LogP contribution is 2.17. The molecule has 27 heavy (non-hydrogen) atoms. The maximum Gasteiger partial charge on any atom is 0.352 e. The third-order valence-electron chi connectivity index (χ3n) is 3.99. The van der Waals surface area contributed by atoms with Gasteiger partial charge in [-0.1, -0.05) is 30.9 Å². The molecule has 3 aromatic rings. The molecule has 3 rings (SSSR count). The van der Waals surface area contributed by atoms with Crippen LogP contribution in [-0.2, 0) is 16.1 Å². The van der Waals surface area contributed by atoms with Gasteiger partial charge < -0.3 is 9.72 Å². The van der Waals surface area contributed by atoms with E-state index in [1.807, 2.05) is 36.5 Å². The van der Waals surface area contributed by atoms with Crippen LogP contribution in [0.5, 0.6) is 0 Å². The van der Waals surface area contributed by atoms with E-state index in [1.54, 1.807) is 13.0 Å². The van der Waals surface area contributed by atoms with Crippen molar-refractivity contribution in [3.05, 3.63) is 68.2 Å². The van der Waals surface area contributed by atoms with Crippen LogP contribution >= 0.6 is 11.3 Å². The quantitative estimate of drug-likeness (QED) is 0.539. The van der Waals surface area contributed by atoms with Gasteiger partial charge in [0, 0.05) is 29.2 Å². The van der Waals surface area contributed by atoms with Crippen LogP contribution in [0.2, 0.25) is 0 Å². The first-order valence-corrected chi connectivity index (χ1v) is 9.12. The van der Waals surface area contributed by atoms with Crippen LogP contribution in [0.1, 0.15) is 12.5 Å². The van der Waals surface area contributed by atoms with E-state index < -0.39 is 5.97 Å². The zero-order valence-corrected chi connectivity index (χ0v) is 15.5. The molecule has 0 saturated carbocycles. The van der Waals surface area contributed by atoms with Crippen LogP contribution in [0.4, 0.5) is 0 Å². The molecule has 2 heterocycles. The number of nitrogens with one attached hydrogen (secondary N) is 1. The number of hydrogen-bond acceptors (Lipinski definition) is 5. The summed E-state index contributed by atoms with van der Waals surface area (Å²) < 4.78 is 7.13. The van der Waals surface area contributed by atoms with Gasteiger partial charge in [-0.2, -0.15) is 5.26 Å². The third kappa shape index (κ3) is 3.48. The SMILES string of the molecule is C=CCOC(=O)/C(C#N)=c1\s/c(=C\c2c[nH]c3ccccc23)c(=O)n1CC. The summed E-state index contributed by atoms with van der Waals surface area (Å²) in [4.78, 5) is 28.1. The fourth-order valence-electron chi connectivity index (χ4n) is 2.73. The van der Waals surface area contributed by atoms with Gasteiger partial charge in [-0.3, -0.25) is 9.36 Å². The van der Waals surface area contributed by atoms with E-state index in [9.17, 15) is 14.9 Å². The van der Waals surface area contributed by atoms with Crippen LogP contribution in [0.3, 0.4) is 0 Å². The monoisotopic (exact) mass is 379 g/mol. The second kappa shape index (κ2) is 7.89. The van der Waals surface area contributed by atoms with Gasteiger partial charge in [-0.15, -0.1) is 11.3 Å². The number of fused-ring (bicyclic) bond motifs is 1. The number of ether oxygens (including phenoxy) is 1. The zero-order chi connectivity index (χ0) is 19.4. The van der Waals surface area contributed by atoms with Crippen molar-refractivity contribution < 1.29 is 9.53 Å². The normalized spacial score (nSPS) is 12.7. The minimum Gasteiger partial charge on any atom is -0.457 e. The molecule has 0 fully saturated rings. The summed E-state index contributed by atoms with van der Waals surface area (Å²) in [6.07, 6.45) is 5.02. The van der Waals surface area contributed by atoms with Crippen molar-refractivity contribution in [1.29, 1.82) is 5.26 Å². The molecule has 0 bridgehead atoms. The van der Waals surface area contributed by atoms with Crippen molar-refractivity contribution in [2.45, 2.75) is 13.5 Å². The van der Waals surface area contributed by atoms with Crippen LogP contribution in [0.25, 0.3) is 22.6 Å². The molecule has 136 valence electrons. The Labute approximate surface area is 158 Å². The molecule has 0 radical (unpaired) electrons. The third-order valence-corrected chi connectivity index (χ3v) is 5.12. The van der Waals surface area contributed by atoms with Crippen LogP contribution in [0.15, 0.2) is 47.9 Å². The fourth-order valence-corrected chi connectivity index (χ4v) is 3.88. The summed E-state index contributed by atoms with van der Waals surface area (Å²) in [6, 6.07) is 9.64. The van der Waals surface area contributed by atoms with Crippen molar-refractivity contribution in [1.82, 2.24) is 9.55 Å². The van der Waals surface area contributed by atoms with Gasteiger partial charge in [-0.05, 0) is 19.1 Å². The van der Waals surface area contributed by atoms with E-state index in [2.05, 4.69) is 11.6 Å². The Morgan fingerprint density at radius 3 is 2.93 bits per heavy atom.